The van der Waals surface area contributed by atoms with Gasteiger partial charge in [-0.1, -0.05) is 11.6 Å². The third kappa shape index (κ3) is 3.63. The molecule has 3 aromatic rings. The third-order valence-electron chi connectivity index (χ3n) is 4.76. The highest BCUT2D eigenvalue weighted by Gasteiger charge is 2.20. The van der Waals surface area contributed by atoms with Gasteiger partial charge < -0.3 is 15.0 Å². The highest BCUT2D eigenvalue weighted by molar-refractivity contribution is 6.32. The van der Waals surface area contributed by atoms with Crippen LogP contribution in [-0.2, 0) is 11.3 Å². The van der Waals surface area contributed by atoms with E-state index < -0.39 is 0 Å². The van der Waals surface area contributed by atoms with Crippen molar-refractivity contribution in [3.05, 3.63) is 59.0 Å². The molecule has 0 fully saturated rings. The Kier molecular flexibility index (Phi) is 4.76. The number of rotatable bonds is 4. The van der Waals surface area contributed by atoms with E-state index in [-0.39, 0.29) is 11.7 Å². The summed E-state index contributed by atoms with van der Waals surface area (Å²) in [5, 5.41) is 1.35. The third-order valence-corrected chi connectivity index (χ3v) is 5.04. The lowest BCUT2D eigenvalue weighted by Gasteiger charge is -2.19. The van der Waals surface area contributed by atoms with Crippen LogP contribution in [0.4, 0.5) is 4.39 Å². The number of hydrogen-bond acceptors (Lipinski definition) is 3. The number of nitrogens with two attached hydrogens (primary N) is 1. The van der Waals surface area contributed by atoms with E-state index in [2.05, 4.69) is 4.90 Å². The SMILES string of the molecule is NC(=O)CCN1CCOc2c(Cl)cc(-n3ccc4cc(F)ccc43)cc2C1. The molecule has 2 heterocycles. The lowest BCUT2D eigenvalue weighted by molar-refractivity contribution is -0.118. The summed E-state index contributed by atoms with van der Waals surface area (Å²) < 4.78 is 21.3. The van der Waals surface area contributed by atoms with Gasteiger partial charge in [0.2, 0.25) is 5.91 Å². The molecule has 1 amide bonds. The van der Waals surface area contributed by atoms with Crippen LogP contribution in [0.15, 0.2) is 42.6 Å². The molecule has 5 nitrogen and oxygen atoms in total. The van der Waals surface area contributed by atoms with Crippen LogP contribution in [0.5, 0.6) is 5.75 Å². The zero-order chi connectivity index (χ0) is 19.0. The van der Waals surface area contributed by atoms with Crippen LogP contribution < -0.4 is 10.5 Å². The van der Waals surface area contributed by atoms with Gasteiger partial charge in [0.25, 0.3) is 0 Å². The number of aromatic nitrogens is 1. The van der Waals surface area contributed by atoms with Crippen molar-refractivity contribution in [1.82, 2.24) is 9.47 Å². The normalized spacial score (nSPS) is 14.6. The number of primary amides is 1. The van der Waals surface area contributed by atoms with Crippen LogP contribution in [0.25, 0.3) is 16.6 Å². The molecule has 0 atom stereocenters. The molecule has 4 rings (SSSR count). The first-order chi connectivity index (χ1) is 13.0. The fourth-order valence-electron chi connectivity index (χ4n) is 3.45. The molecular weight excluding hydrogens is 369 g/mol. The molecule has 1 aliphatic rings. The Morgan fingerprint density at radius 3 is 2.93 bits per heavy atom. The second-order valence-corrected chi connectivity index (χ2v) is 7.05. The van der Waals surface area contributed by atoms with Crippen molar-refractivity contribution in [3.8, 4) is 11.4 Å². The topological polar surface area (TPSA) is 60.5 Å². The Morgan fingerprint density at radius 2 is 2.11 bits per heavy atom. The molecule has 0 saturated carbocycles. The zero-order valence-corrected chi connectivity index (χ0v) is 15.4. The molecule has 140 valence electrons. The summed E-state index contributed by atoms with van der Waals surface area (Å²) in [6, 6.07) is 10.4. The van der Waals surface area contributed by atoms with E-state index in [1.165, 1.54) is 12.1 Å². The maximum atomic E-state index is 13.5. The number of benzene rings is 2. The smallest absolute Gasteiger partial charge is 0.218 e. The van der Waals surface area contributed by atoms with E-state index >= 15 is 0 Å². The summed E-state index contributed by atoms with van der Waals surface area (Å²) in [6.45, 7) is 2.38. The maximum Gasteiger partial charge on any atom is 0.218 e. The highest BCUT2D eigenvalue weighted by Crippen LogP contribution is 2.35. The molecule has 0 radical (unpaired) electrons. The van der Waals surface area contributed by atoms with Gasteiger partial charge in [-0.15, -0.1) is 0 Å². The van der Waals surface area contributed by atoms with E-state index in [1.807, 2.05) is 29.0 Å². The van der Waals surface area contributed by atoms with E-state index in [9.17, 15) is 9.18 Å². The van der Waals surface area contributed by atoms with Gasteiger partial charge in [0.1, 0.15) is 18.2 Å². The molecule has 0 bridgehead atoms. The Bertz CT molecular complexity index is 1020. The van der Waals surface area contributed by atoms with Gasteiger partial charge in [-0.05, 0) is 36.4 Å². The average molecular weight is 388 g/mol. The minimum Gasteiger partial charge on any atom is -0.490 e. The van der Waals surface area contributed by atoms with Crippen molar-refractivity contribution in [2.24, 2.45) is 5.73 Å². The summed E-state index contributed by atoms with van der Waals surface area (Å²) in [5.74, 6) is 0.0846. The molecule has 7 heteroatoms. The molecule has 27 heavy (non-hydrogen) atoms. The van der Waals surface area contributed by atoms with E-state index in [4.69, 9.17) is 22.1 Å². The summed E-state index contributed by atoms with van der Waals surface area (Å²) in [6.07, 6.45) is 2.20. The van der Waals surface area contributed by atoms with Gasteiger partial charge in [0.05, 0.1) is 10.5 Å². The summed E-state index contributed by atoms with van der Waals surface area (Å²) in [7, 11) is 0. The maximum absolute atomic E-state index is 13.5. The molecule has 2 aromatic carbocycles. The van der Waals surface area contributed by atoms with Crippen molar-refractivity contribution in [1.29, 1.82) is 0 Å². The molecule has 2 N–H and O–H groups in total. The fourth-order valence-corrected chi connectivity index (χ4v) is 3.73. The minimum atomic E-state index is -0.321. The number of nitrogens with zero attached hydrogens (tertiary/aromatic N) is 2. The van der Waals surface area contributed by atoms with Gasteiger partial charge in [-0.2, -0.15) is 0 Å². The molecule has 0 aliphatic carbocycles. The minimum absolute atomic E-state index is 0.265. The van der Waals surface area contributed by atoms with Gasteiger partial charge in [0, 0.05) is 48.9 Å². The Labute approximate surface area is 161 Å². The van der Waals surface area contributed by atoms with Gasteiger partial charge >= 0.3 is 0 Å². The molecule has 0 saturated heterocycles. The van der Waals surface area contributed by atoms with Crippen molar-refractivity contribution >= 4 is 28.4 Å². The summed E-state index contributed by atoms with van der Waals surface area (Å²) in [5.41, 5.74) is 7.99. The van der Waals surface area contributed by atoms with Crippen LogP contribution >= 0.6 is 11.6 Å². The van der Waals surface area contributed by atoms with Crippen molar-refractivity contribution < 1.29 is 13.9 Å². The van der Waals surface area contributed by atoms with Crippen LogP contribution in [0.1, 0.15) is 12.0 Å². The molecule has 1 aliphatic heterocycles. The number of carbonyl (C=O) groups is 1. The Hall–Kier alpha value is -2.57. The average Bonchev–Trinajstić information content (AvgIpc) is 2.91. The predicted octanol–water partition coefficient (Wildman–Crippen LogP) is 3.49. The predicted molar refractivity (Wildman–Crippen MR) is 103 cm³/mol. The monoisotopic (exact) mass is 387 g/mol. The second kappa shape index (κ2) is 7.21. The first kappa shape index (κ1) is 17.8. The van der Waals surface area contributed by atoms with Gasteiger partial charge in [0.15, 0.2) is 0 Å². The summed E-state index contributed by atoms with van der Waals surface area (Å²) in [4.78, 5) is 13.2. The number of amides is 1. The fraction of sp³-hybridized carbons (Fsp3) is 0.250. The second-order valence-electron chi connectivity index (χ2n) is 6.65. The van der Waals surface area contributed by atoms with Crippen LogP contribution in [-0.4, -0.2) is 35.1 Å². The number of ether oxygens (including phenoxy) is 1. The molecule has 1 aromatic heterocycles. The first-order valence-electron chi connectivity index (χ1n) is 8.74. The molecule has 0 spiro atoms. The van der Waals surface area contributed by atoms with Crippen molar-refractivity contribution in [2.75, 3.05) is 19.7 Å². The Morgan fingerprint density at radius 1 is 1.26 bits per heavy atom. The number of carbonyl (C=O) groups excluding carboxylic acids is 1. The quantitative estimate of drug-likeness (QED) is 0.745. The molecule has 0 unspecified atom stereocenters. The summed E-state index contributed by atoms with van der Waals surface area (Å²) >= 11 is 6.50. The lowest BCUT2D eigenvalue weighted by atomic mass is 10.1. The number of fused-ring (bicyclic) bond motifs is 2. The Balaban J connectivity index is 1.72. The van der Waals surface area contributed by atoms with Gasteiger partial charge in [-0.25, -0.2) is 4.39 Å². The van der Waals surface area contributed by atoms with Crippen molar-refractivity contribution in [2.45, 2.75) is 13.0 Å². The van der Waals surface area contributed by atoms with Crippen LogP contribution in [0, 0.1) is 5.82 Å². The largest absolute Gasteiger partial charge is 0.490 e. The van der Waals surface area contributed by atoms with E-state index in [1.54, 1.807) is 6.07 Å². The highest BCUT2D eigenvalue weighted by atomic mass is 35.5. The van der Waals surface area contributed by atoms with Crippen LogP contribution in [0.3, 0.4) is 0 Å². The first-order valence-corrected chi connectivity index (χ1v) is 9.12. The number of halogens is 2. The standard InChI is InChI=1S/C20H19ClFN3O2/c21-17-11-16(25-6-3-13-9-15(22)1-2-18(13)25)10-14-12-24(5-4-19(23)26)7-8-27-20(14)17/h1-3,6,9-11H,4-5,7-8,12H2,(H2,23,26). The lowest BCUT2D eigenvalue weighted by Crippen LogP contribution is -2.29. The van der Waals surface area contributed by atoms with E-state index in [0.717, 1.165) is 22.2 Å². The number of hydrogen-bond donors (Lipinski definition) is 1. The van der Waals surface area contributed by atoms with Crippen molar-refractivity contribution in [3.63, 3.8) is 0 Å². The molecular formula is C20H19ClFN3O2. The van der Waals surface area contributed by atoms with Gasteiger partial charge in [-0.3, -0.25) is 9.69 Å². The zero-order valence-electron chi connectivity index (χ0n) is 14.6. The van der Waals surface area contributed by atoms with E-state index in [0.29, 0.717) is 43.4 Å². The van der Waals surface area contributed by atoms with Crippen LogP contribution in [0.2, 0.25) is 5.02 Å².